The molecule has 0 radical (unpaired) electrons. The molecule has 2 aromatic rings. The maximum absolute atomic E-state index is 12.4. The van der Waals surface area contributed by atoms with E-state index >= 15 is 0 Å². The number of rotatable bonds is 6. The lowest BCUT2D eigenvalue weighted by molar-refractivity contribution is 0.0941. The van der Waals surface area contributed by atoms with Crippen molar-refractivity contribution < 1.29 is 14.6 Å². The van der Waals surface area contributed by atoms with Crippen molar-refractivity contribution in [3.05, 3.63) is 59.7 Å². The Morgan fingerprint density at radius 2 is 1.68 bits per heavy atom. The van der Waals surface area contributed by atoms with E-state index in [0.717, 1.165) is 6.42 Å². The van der Waals surface area contributed by atoms with E-state index in [9.17, 15) is 4.79 Å². The van der Waals surface area contributed by atoms with Gasteiger partial charge in [-0.25, -0.2) is 4.79 Å². The highest BCUT2D eigenvalue weighted by atomic mass is 16.6. The number of nitrogens with zero attached hydrogens (tertiary/aromatic N) is 1. The molecule has 0 fully saturated rings. The van der Waals surface area contributed by atoms with Crippen LogP contribution in [0.3, 0.4) is 0 Å². The predicted molar refractivity (Wildman–Crippen MR) is 98.6 cm³/mol. The quantitative estimate of drug-likeness (QED) is 0.864. The van der Waals surface area contributed by atoms with E-state index in [1.165, 1.54) is 22.3 Å². The highest BCUT2D eigenvalue weighted by Crippen LogP contribution is 2.44. The summed E-state index contributed by atoms with van der Waals surface area (Å²) in [5.74, 6) is 0.0810. The van der Waals surface area contributed by atoms with Crippen molar-refractivity contribution >= 4 is 6.09 Å². The number of carbonyl (C=O) groups excluding carboxylic acids is 1. The maximum atomic E-state index is 12.4. The Labute approximate surface area is 149 Å². The fraction of sp³-hybridized carbons (Fsp3) is 0.381. The third kappa shape index (κ3) is 3.54. The molecule has 3 rings (SSSR count). The molecule has 0 saturated carbocycles. The van der Waals surface area contributed by atoms with E-state index in [1.54, 1.807) is 11.9 Å². The highest BCUT2D eigenvalue weighted by molar-refractivity contribution is 5.79. The average Bonchev–Trinajstić information content (AvgIpc) is 2.97. The Kier molecular flexibility index (Phi) is 5.39. The zero-order valence-corrected chi connectivity index (χ0v) is 14.8. The molecule has 1 amide bonds. The second-order valence-corrected chi connectivity index (χ2v) is 6.63. The van der Waals surface area contributed by atoms with Gasteiger partial charge in [0.05, 0.1) is 0 Å². The summed E-state index contributed by atoms with van der Waals surface area (Å²) in [6.07, 6.45) is 1.13. The van der Waals surface area contributed by atoms with Crippen LogP contribution in [-0.4, -0.2) is 42.4 Å². The van der Waals surface area contributed by atoms with E-state index < -0.39 is 0 Å². The Bertz CT molecular complexity index is 698. The molecular weight excluding hydrogens is 314 g/mol. The number of aliphatic hydroxyl groups is 1. The zero-order valence-electron chi connectivity index (χ0n) is 14.8. The van der Waals surface area contributed by atoms with Crippen LogP contribution in [0.25, 0.3) is 11.1 Å². The van der Waals surface area contributed by atoms with Gasteiger partial charge in [0.2, 0.25) is 0 Å². The number of benzene rings is 2. The van der Waals surface area contributed by atoms with Gasteiger partial charge in [0, 0.05) is 25.6 Å². The van der Waals surface area contributed by atoms with E-state index in [4.69, 9.17) is 9.84 Å². The molecular formula is C21H25NO3. The number of amides is 1. The lowest BCUT2D eigenvalue weighted by atomic mass is 9.98. The minimum Gasteiger partial charge on any atom is -0.448 e. The molecule has 4 nitrogen and oxygen atoms in total. The van der Waals surface area contributed by atoms with E-state index in [2.05, 4.69) is 24.3 Å². The first-order chi connectivity index (χ1) is 12.1. The normalized spacial score (nSPS) is 13.9. The molecule has 2 aromatic carbocycles. The molecule has 4 heteroatoms. The minimum absolute atomic E-state index is 0.0443. The van der Waals surface area contributed by atoms with Gasteiger partial charge in [-0.15, -0.1) is 0 Å². The molecule has 0 spiro atoms. The van der Waals surface area contributed by atoms with E-state index in [-0.39, 0.29) is 24.7 Å². The number of carbonyl (C=O) groups is 1. The molecule has 1 aliphatic rings. The van der Waals surface area contributed by atoms with Crippen LogP contribution in [0, 0.1) is 0 Å². The summed E-state index contributed by atoms with van der Waals surface area (Å²) >= 11 is 0. The Hall–Kier alpha value is -2.33. The van der Waals surface area contributed by atoms with Gasteiger partial charge in [-0.05, 0) is 42.0 Å². The second-order valence-electron chi connectivity index (χ2n) is 6.63. The van der Waals surface area contributed by atoms with Crippen LogP contribution in [0.4, 0.5) is 4.79 Å². The van der Waals surface area contributed by atoms with E-state index in [1.807, 2.05) is 31.2 Å². The summed E-state index contributed by atoms with van der Waals surface area (Å²) < 4.78 is 5.63. The van der Waals surface area contributed by atoms with Crippen LogP contribution < -0.4 is 0 Å². The predicted octanol–water partition coefficient (Wildman–Crippen LogP) is 4.03. The van der Waals surface area contributed by atoms with Crippen LogP contribution in [0.15, 0.2) is 48.5 Å². The maximum Gasteiger partial charge on any atom is 0.409 e. The van der Waals surface area contributed by atoms with Crippen molar-refractivity contribution in [2.24, 2.45) is 0 Å². The number of aliphatic hydroxyl groups excluding tert-OH is 1. The molecule has 0 heterocycles. The Balaban J connectivity index is 1.70. The lowest BCUT2D eigenvalue weighted by Gasteiger charge is -2.25. The van der Waals surface area contributed by atoms with Crippen molar-refractivity contribution in [1.29, 1.82) is 0 Å². The van der Waals surface area contributed by atoms with Crippen molar-refractivity contribution in [2.45, 2.75) is 31.7 Å². The Morgan fingerprint density at radius 3 is 2.24 bits per heavy atom. The van der Waals surface area contributed by atoms with Gasteiger partial charge in [0.1, 0.15) is 6.61 Å². The standard InChI is InChI=1S/C21H25NO3/c1-15(8-7-13-23)22(2)21(24)25-14-20-18-11-5-3-9-16(18)17-10-4-6-12-19(17)20/h3-6,9-12,15,20,23H,7-8,13-14H2,1-2H3. The second kappa shape index (κ2) is 7.70. The lowest BCUT2D eigenvalue weighted by Crippen LogP contribution is -2.36. The Morgan fingerprint density at radius 1 is 1.12 bits per heavy atom. The molecule has 0 aromatic heterocycles. The average molecular weight is 339 g/mol. The number of hydrogen-bond acceptors (Lipinski definition) is 3. The van der Waals surface area contributed by atoms with Crippen molar-refractivity contribution in [3.63, 3.8) is 0 Å². The molecule has 1 unspecified atom stereocenters. The number of ether oxygens (including phenoxy) is 1. The van der Waals surface area contributed by atoms with Gasteiger partial charge >= 0.3 is 6.09 Å². The minimum atomic E-state index is -0.313. The van der Waals surface area contributed by atoms with Crippen LogP contribution in [0.1, 0.15) is 36.8 Å². The largest absolute Gasteiger partial charge is 0.448 e. The van der Waals surface area contributed by atoms with Crippen molar-refractivity contribution in [1.82, 2.24) is 4.90 Å². The monoisotopic (exact) mass is 339 g/mol. The smallest absolute Gasteiger partial charge is 0.409 e. The number of hydrogen-bond donors (Lipinski definition) is 1. The third-order valence-electron chi connectivity index (χ3n) is 5.07. The molecule has 1 aliphatic carbocycles. The topological polar surface area (TPSA) is 49.8 Å². The summed E-state index contributed by atoms with van der Waals surface area (Å²) in [7, 11) is 1.75. The van der Waals surface area contributed by atoms with Crippen LogP contribution >= 0.6 is 0 Å². The summed E-state index contributed by atoms with van der Waals surface area (Å²) in [5, 5.41) is 8.93. The summed E-state index contributed by atoms with van der Waals surface area (Å²) in [4.78, 5) is 14.0. The summed E-state index contributed by atoms with van der Waals surface area (Å²) in [6, 6.07) is 16.7. The fourth-order valence-electron chi connectivity index (χ4n) is 3.46. The van der Waals surface area contributed by atoms with Gasteiger partial charge in [-0.3, -0.25) is 0 Å². The van der Waals surface area contributed by atoms with Crippen LogP contribution in [-0.2, 0) is 4.74 Å². The van der Waals surface area contributed by atoms with Gasteiger partial charge in [-0.2, -0.15) is 0 Å². The van der Waals surface area contributed by atoms with Crippen LogP contribution in [0.5, 0.6) is 0 Å². The summed E-state index contributed by atoms with van der Waals surface area (Å²) in [6.45, 7) is 2.45. The first-order valence-electron chi connectivity index (χ1n) is 8.82. The highest BCUT2D eigenvalue weighted by Gasteiger charge is 2.29. The van der Waals surface area contributed by atoms with Crippen LogP contribution in [0.2, 0.25) is 0 Å². The van der Waals surface area contributed by atoms with Crippen molar-refractivity contribution in [2.75, 3.05) is 20.3 Å². The number of fused-ring (bicyclic) bond motifs is 3. The van der Waals surface area contributed by atoms with E-state index in [0.29, 0.717) is 13.0 Å². The molecule has 132 valence electrons. The first-order valence-corrected chi connectivity index (χ1v) is 8.82. The van der Waals surface area contributed by atoms with Gasteiger partial charge in [0.25, 0.3) is 0 Å². The molecule has 0 saturated heterocycles. The van der Waals surface area contributed by atoms with Gasteiger partial charge < -0.3 is 14.7 Å². The molecule has 0 aliphatic heterocycles. The fourth-order valence-corrected chi connectivity index (χ4v) is 3.46. The molecule has 1 atom stereocenters. The molecule has 0 bridgehead atoms. The first kappa shape index (κ1) is 17.5. The SMILES string of the molecule is CC(CCCO)N(C)C(=O)OCC1c2ccccc2-c2ccccc21. The third-order valence-corrected chi connectivity index (χ3v) is 5.07. The molecule has 25 heavy (non-hydrogen) atoms. The van der Waals surface area contributed by atoms with Gasteiger partial charge in [-0.1, -0.05) is 48.5 Å². The zero-order chi connectivity index (χ0) is 17.8. The van der Waals surface area contributed by atoms with Crippen molar-refractivity contribution in [3.8, 4) is 11.1 Å². The summed E-state index contributed by atoms with van der Waals surface area (Å²) in [5.41, 5.74) is 4.88. The van der Waals surface area contributed by atoms with Gasteiger partial charge in [0.15, 0.2) is 0 Å². The molecule has 1 N–H and O–H groups in total.